The predicted octanol–water partition coefficient (Wildman–Crippen LogP) is 3.31. The molecular formula is C16H23N3O. The first-order valence-electron chi connectivity index (χ1n) is 7.38. The van der Waals surface area contributed by atoms with Crippen LogP contribution in [0.4, 0.5) is 5.69 Å². The summed E-state index contributed by atoms with van der Waals surface area (Å²) in [5.74, 6) is 1.50. The van der Waals surface area contributed by atoms with Gasteiger partial charge in [-0.2, -0.15) is 0 Å². The van der Waals surface area contributed by atoms with E-state index in [1.54, 1.807) is 0 Å². The topological polar surface area (TPSA) is 53.1 Å². The van der Waals surface area contributed by atoms with Crippen LogP contribution in [-0.4, -0.2) is 21.8 Å². The van der Waals surface area contributed by atoms with Gasteiger partial charge >= 0.3 is 0 Å². The molecule has 1 aliphatic heterocycles. The molecule has 0 radical (unpaired) electrons. The van der Waals surface area contributed by atoms with Gasteiger partial charge in [0.1, 0.15) is 5.82 Å². The van der Waals surface area contributed by atoms with Crippen LogP contribution in [0.1, 0.15) is 45.4 Å². The van der Waals surface area contributed by atoms with Crippen LogP contribution >= 0.6 is 0 Å². The third-order valence-corrected chi connectivity index (χ3v) is 4.11. The van der Waals surface area contributed by atoms with Gasteiger partial charge in [-0.3, -0.25) is 0 Å². The van der Waals surface area contributed by atoms with Gasteiger partial charge < -0.3 is 15.0 Å². The SMILES string of the molecule is CC(C)c1nc2cc(N)ccc2n1CC1(C)CCCO1. The molecule has 2 heterocycles. The molecule has 0 bridgehead atoms. The van der Waals surface area contributed by atoms with Crippen molar-refractivity contribution in [3.05, 3.63) is 24.0 Å². The van der Waals surface area contributed by atoms with E-state index in [0.29, 0.717) is 5.92 Å². The maximum Gasteiger partial charge on any atom is 0.112 e. The summed E-state index contributed by atoms with van der Waals surface area (Å²) < 4.78 is 8.26. The summed E-state index contributed by atoms with van der Waals surface area (Å²) in [6.07, 6.45) is 2.26. The molecule has 108 valence electrons. The summed E-state index contributed by atoms with van der Waals surface area (Å²) in [7, 11) is 0. The lowest BCUT2D eigenvalue weighted by Gasteiger charge is -2.25. The Morgan fingerprint density at radius 2 is 2.25 bits per heavy atom. The lowest BCUT2D eigenvalue weighted by molar-refractivity contribution is 0.00637. The van der Waals surface area contributed by atoms with Crippen molar-refractivity contribution < 1.29 is 4.74 Å². The molecule has 1 unspecified atom stereocenters. The molecule has 0 saturated carbocycles. The molecule has 4 nitrogen and oxygen atoms in total. The van der Waals surface area contributed by atoms with Crippen molar-refractivity contribution in [2.75, 3.05) is 12.3 Å². The molecular weight excluding hydrogens is 250 g/mol. The van der Waals surface area contributed by atoms with Crippen LogP contribution in [-0.2, 0) is 11.3 Å². The first-order valence-corrected chi connectivity index (χ1v) is 7.38. The van der Waals surface area contributed by atoms with Gasteiger partial charge in [0.25, 0.3) is 0 Å². The first kappa shape index (κ1) is 13.4. The van der Waals surface area contributed by atoms with Gasteiger partial charge in [0.2, 0.25) is 0 Å². The van der Waals surface area contributed by atoms with E-state index in [9.17, 15) is 0 Å². The van der Waals surface area contributed by atoms with Crippen LogP contribution in [0.15, 0.2) is 18.2 Å². The lowest BCUT2D eigenvalue weighted by Crippen LogP contribution is -2.30. The van der Waals surface area contributed by atoms with Crippen molar-refractivity contribution in [3.8, 4) is 0 Å². The highest BCUT2D eigenvalue weighted by molar-refractivity contribution is 5.79. The van der Waals surface area contributed by atoms with Gasteiger partial charge in [0, 0.05) is 18.2 Å². The summed E-state index contributed by atoms with van der Waals surface area (Å²) in [6, 6.07) is 5.97. The summed E-state index contributed by atoms with van der Waals surface area (Å²) in [4.78, 5) is 4.77. The van der Waals surface area contributed by atoms with E-state index < -0.39 is 0 Å². The highest BCUT2D eigenvalue weighted by Crippen LogP contribution is 2.31. The fourth-order valence-electron chi connectivity index (χ4n) is 3.07. The van der Waals surface area contributed by atoms with Crippen LogP contribution in [0.3, 0.4) is 0 Å². The monoisotopic (exact) mass is 273 g/mol. The van der Waals surface area contributed by atoms with Crippen LogP contribution in [0, 0.1) is 0 Å². The summed E-state index contributed by atoms with van der Waals surface area (Å²) >= 11 is 0. The zero-order valence-corrected chi connectivity index (χ0v) is 12.5. The molecule has 1 aromatic heterocycles. The molecule has 3 rings (SSSR count). The minimum absolute atomic E-state index is 0.0708. The molecule has 1 atom stereocenters. The van der Waals surface area contributed by atoms with E-state index in [-0.39, 0.29) is 5.60 Å². The maximum atomic E-state index is 5.95. The Labute approximate surface area is 119 Å². The Kier molecular flexibility index (Phi) is 3.21. The van der Waals surface area contributed by atoms with Crippen molar-refractivity contribution >= 4 is 16.7 Å². The second-order valence-corrected chi connectivity index (χ2v) is 6.36. The van der Waals surface area contributed by atoms with Gasteiger partial charge in [0.15, 0.2) is 0 Å². The average Bonchev–Trinajstić information content (AvgIpc) is 2.94. The molecule has 2 aromatic rings. The molecule has 1 aromatic carbocycles. The number of hydrogen-bond acceptors (Lipinski definition) is 3. The lowest BCUT2D eigenvalue weighted by atomic mass is 10.0. The van der Waals surface area contributed by atoms with Crippen LogP contribution in [0.2, 0.25) is 0 Å². The normalized spacial score (nSPS) is 23.0. The number of nitrogens with zero attached hydrogens (tertiary/aromatic N) is 2. The number of nitrogens with two attached hydrogens (primary N) is 1. The number of nitrogen functional groups attached to an aromatic ring is 1. The number of hydrogen-bond donors (Lipinski definition) is 1. The smallest absolute Gasteiger partial charge is 0.112 e. The Morgan fingerprint density at radius 1 is 1.45 bits per heavy atom. The fourth-order valence-corrected chi connectivity index (χ4v) is 3.07. The molecule has 1 saturated heterocycles. The minimum atomic E-state index is -0.0708. The van der Waals surface area contributed by atoms with E-state index in [1.807, 2.05) is 12.1 Å². The summed E-state index contributed by atoms with van der Waals surface area (Å²) in [5.41, 5.74) is 8.70. The number of anilines is 1. The van der Waals surface area contributed by atoms with Crippen molar-refractivity contribution in [3.63, 3.8) is 0 Å². The number of ether oxygens (including phenoxy) is 1. The van der Waals surface area contributed by atoms with Crippen LogP contribution in [0.5, 0.6) is 0 Å². The fraction of sp³-hybridized carbons (Fsp3) is 0.562. The highest BCUT2D eigenvalue weighted by atomic mass is 16.5. The molecule has 0 amide bonds. The first-order chi connectivity index (χ1) is 9.48. The van der Waals surface area contributed by atoms with Gasteiger partial charge in [-0.05, 0) is 38.0 Å². The van der Waals surface area contributed by atoms with Crippen molar-refractivity contribution in [2.45, 2.75) is 51.7 Å². The van der Waals surface area contributed by atoms with E-state index in [1.165, 1.54) is 0 Å². The molecule has 20 heavy (non-hydrogen) atoms. The largest absolute Gasteiger partial charge is 0.399 e. The third-order valence-electron chi connectivity index (χ3n) is 4.11. The molecule has 0 spiro atoms. The predicted molar refractivity (Wildman–Crippen MR) is 81.8 cm³/mol. The van der Waals surface area contributed by atoms with Gasteiger partial charge in [-0.1, -0.05) is 13.8 Å². The van der Waals surface area contributed by atoms with Crippen molar-refractivity contribution in [1.82, 2.24) is 9.55 Å². The Balaban J connectivity index is 2.09. The summed E-state index contributed by atoms with van der Waals surface area (Å²) in [5, 5.41) is 0. The standard InChI is InChI=1S/C16H23N3O/c1-11(2)15-18-13-9-12(17)5-6-14(13)19(15)10-16(3)7-4-8-20-16/h5-6,9,11H,4,7-8,10,17H2,1-3H3. The zero-order chi connectivity index (χ0) is 14.3. The van der Waals surface area contributed by atoms with Crippen molar-refractivity contribution in [2.24, 2.45) is 0 Å². The second-order valence-electron chi connectivity index (χ2n) is 6.36. The summed E-state index contributed by atoms with van der Waals surface area (Å²) in [6.45, 7) is 8.29. The van der Waals surface area contributed by atoms with Crippen LogP contribution < -0.4 is 5.73 Å². The third kappa shape index (κ3) is 2.29. The van der Waals surface area contributed by atoms with E-state index in [2.05, 4.69) is 31.4 Å². The average molecular weight is 273 g/mol. The van der Waals surface area contributed by atoms with Gasteiger partial charge in [0.05, 0.1) is 23.2 Å². The van der Waals surface area contributed by atoms with E-state index in [0.717, 1.165) is 48.5 Å². The second kappa shape index (κ2) is 4.77. The quantitative estimate of drug-likeness (QED) is 0.873. The van der Waals surface area contributed by atoms with E-state index in [4.69, 9.17) is 15.5 Å². The van der Waals surface area contributed by atoms with Gasteiger partial charge in [-0.25, -0.2) is 4.98 Å². The zero-order valence-electron chi connectivity index (χ0n) is 12.5. The van der Waals surface area contributed by atoms with Crippen LogP contribution in [0.25, 0.3) is 11.0 Å². The Hall–Kier alpha value is -1.55. The molecule has 1 fully saturated rings. The highest BCUT2D eigenvalue weighted by Gasteiger charge is 2.31. The molecule has 0 aliphatic carbocycles. The van der Waals surface area contributed by atoms with E-state index >= 15 is 0 Å². The number of imidazole rings is 1. The number of rotatable bonds is 3. The molecule has 4 heteroatoms. The minimum Gasteiger partial charge on any atom is -0.399 e. The number of benzene rings is 1. The molecule has 2 N–H and O–H groups in total. The Bertz CT molecular complexity index is 624. The maximum absolute atomic E-state index is 5.95. The van der Waals surface area contributed by atoms with Crippen molar-refractivity contribution in [1.29, 1.82) is 0 Å². The number of aromatic nitrogens is 2. The molecule has 1 aliphatic rings. The number of fused-ring (bicyclic) bond motifs is 1. The Morgan fingerprint density at radius 3 is 2.90 bits per heavy atom. The van der Waals surface area contributed by atoms with Gasteiger partial charge in [-0.15, -0.1) is 0 Å².